The number of amides is 1. The van der Waals surface area contributed by atoms with E-state index in [1.165, 1.54) is 5.56 Å². The fourth-order valence-electron chi connectivity index (χ4n) is 3.72. The van der Waals surface area contributed by atoms with E-state index >= 15 is 0 Å². The number of hydrogen-bond donors (Lipinski definition) is 1. The molecule has 0 aliphatic rings. The highest BCUT2D eigenvalue weighted by atomic mass is 16.1. The number of benzene rings is 2. The maximum Gasteiger partial charge on any atom is 0.255 e. The summed E-state index contributed by atoms with van der Waals surface area (Å²) in [7, 11) is 0. The van der Waals surface area contributed by atoms with E-state index in [1.807, 2.05) is 61.0 Å². The number of nitrogens with zero attached hydrogens (tertiary/aromatic N) is 5. The van der Waals surface area contributed by atoms with Crippen LogP contribution < -0.4 is 5.32 Å². The van der Waals surface area contributed by atoms with Crippen LogP contribution in [0.15, 0.2) is 61.1 Å². The van der Waals surface area contributed by atoms with Gasteiger partial charge < -0.3 is 9.88 Å². The molecule has 1 N–H and O–H groups in total. The highest BCUT2D eigenvalue weighted by Gasteiger charge is 2.19. The van der Waals surface area contributed by atoms with E-state index in [1.54, 1.807) is 11.0 Å². The summed E-state index contributed by atoms with van der Waals surface area (Å²) in [6, 6.07) is 16.2. The first-order valence-corrected chi connectivity index (χ1v) is 11.0. The minimum atomic E-state index is -0.151. The van der Waals surface area contributed by atoms with Gasteiger partial charge in [0.15, 0.2) is 0 Å². The largest absolute Gasteiger partial charge is 0.351 e. The molecule has 164 valence electrons. The predicted octanol–water partition coefficient (Wildman–Crippen LogP) is 3.99. The standard InChI is InChI=1S/C25H28N6O/c1-4-19-10-12-20(13-11-19)24-21(16-31(29-24)22-9-7-6-8-18(22)3)25(32)26-15-14-23-28-27-17-30(23)5-2/h6-13,16-17H,4-5,14-15H2,1-3H3,(H,26,32). The van der Waals surface area contributed by atoms with Gasteiger partial charge in [-0.1, -0.05) is 49.4 Å². The molecule has 0 radical (unpaired) electrons. The molecule has 2 aromatic carbocycles. The van der Waals surface area contributed by atoms with Crippen molar-refractivity contribution < 1.29 is 4.79 Å². The first-order valence-electron chi connectivity index (χ1n) is 11.0. The lowest BCUT2D eigenvalue weighted by molar-refractivity contribution is 0.0954. The van der Waals surface area contributed by atoms with Crippen molar-refractivity contribution in [2.75, 3.05) is 6.54 Å². The van der Waals surface area contributed by atoms with Crippen molar-refractivity contribution in [2.45, 2.75) is 40.2 Å². The molecule has 0 spiro atoms. The van der Waals surface area contributed by atoms with E-state index in [2.05, 4.69) is 34.6 Å². The molecule has 2 heterocycles. The van der Waals surface area contributed by atoms with Crippen molar-refractivity contribution in [1.82, 2.24) is 29.9 Å². The smallest absolute Gasteiger partial charge is 0.255 e. The van der Waals surface area contributed by atoms with Crippen LogP contribution in [0.1, 0.15) is 41.2 Å². The van der Waals surface area contributed by atoms with Crippen LogP contribution in [-0.4, -0.2) is 37.0 Å². The second-order valence-corrected chi connectivity index (χ2v) is 7.71. The first-order chi connectivity index (χ1) is 15.6. The molecule has 1 amide bonds. The van der Waals surface area contributed by atoms with E-state index in [0.717, 1.165) is 35.6 Å². The molecule has 0 atom stereocenters. The van der Waals surface area contributed by atoms with Crippen molar-refractivity contribution in [3.05, 3.63) is 83.6 Å². The molecule has 0 saturated carbocycles. The maximum absolute atomic E-state index is 13.2. The van der Waals surface area contributed by atoms with Crippen LogP contribution in [0.2, 0.25) is 0 Å². The van der Waals surface area contributed by atoms with Crippen molar-refractivity contribution in [3.63, 3.8) is 0 Å². The zero-order valence-electron chi connectivity index (χ0n) is 18.7. The summed E-state index contributed by atoms with van der Waals surface area (Å²) in [5.74, 6) is 0.709. The Hall–Kier alpha value is -3.74. The maximum atomic E-state index is 13.2. The van der Waals surface area contributed by atoms with Gasteiger partial charge in [-0.25, -0.2) is 4.68 Å². The summed E-state index contributed by atoms with van der Waals surface area (Å²) in [5.41, 5.74) is 5.44. The van der Waals surface area contributed by atoms with Gasteiger partial charge in [-0.15, -0.1) is 10.2 Å². The Morgan fingerprint density at radius 2 is 1.84 bits per heavy atom. The van der Waals surface area contributed by atoms with Crippen LogP contribution in [0, 0.1) is 6.92 Å². The number of rotatable bonds is 8. The summed E-state index contributed by atoms with van der Waals surface area (Å²) < 4.78 is 3.77. The molecular formula is C25H28N6O. The molecule has 32 heavy (non-hydrogen) atoms. The Labute approximate surface area is 188 Å². The second-order valence-electron chi connectivity index (χ2n) is 7.71. The van der Waals surface area contributed by atoms with Gasteiger partial charge in [0.25, 0.3) is 5.91 Å². The minimum Gasteiger partial charge on any atom is -0.351 e. The highest BCUT2D eigenvalue weighted by Crippen LogP contribution is 2.25. The number of aryl methyl sites for hydroxylation is 3. The fourth-order valence-corrected chi connectivity index (χ4v) is 3.72. The highest BCUT2D eigenvalue weighted by molar-refractivity contribution is 6.00. The zero-order chi connectivity index (χ0) is 22.5. The SMILES string of the molecule is CCc1ccc(-c2nn(-c3ccccc3C)cc2C(=O)NCCc2nncn2CC)cc1. The van der Waals surface area contributed by atoms with Crippen LogP contribution in [0.3, 0.4) is 0 Å². The summed E-state index contributed by atoms with van der Waals surface area (Å²) in [6.45, 7) is 7.48. The summed E-state index contributed by atoms with van der Waals surface area (Å²) in [4.78, 5) is 13.2. The normalized spacial score (nSPS) is 11.0. The molecule has 0 bridgehead atoms. The van der Waals surface area contributed by atoms with Crippen molar-refractivity contribution in [1.29, 1.82) is 0 Å². The molecule has 7 nitrogen and oxygen atoms in total. The second kappa shape index (κ2) is 9.60. The Balaban J connectivity index is 1.62. The summed E-state index contributed by atoms with van der Waals surface area (Å²) >= 11 is 0. The van der Waals surface area contributed by atoms with Crippen molar-refractivity contribution in [2.24, 2.45) is 0 Å². The third kappa shape index (κ3) is 4.46. The monoisotopic (exact) mass is 428 g/mol. The topological polar surface area (TPSA) is 77.6 Å². The fraction of sp³-hybridized carbons (Fsp3) is 0.280. The Morgan fingerprint density at radius 1 is 1.06 bits per heavy atom. The van der Waals surface area contributed by atoms with E-state index in [-0.39, 0.29) is 5.91 Å². The van der Waals surface area contributed by atoms with Crippen LogP contribution in [0.25, 0.3) is 16.9 Å². The van der Waals surface area contributed by atoms with Crippen LogP contribution in [-0.2, 0) is 19.4 Å². The van der Waals surface area contributed by atoms with E-state index in [9.17, 15) is 4.79 Å². The number of para-hydroxylation sites is 1. The number of aromatic nitrogens is 5. The lowest BCUT2D eigenvalue weighted by Gasteiger charge is -2.06. The van der Waals surface area contributed by atoms with Crippen LogP contribution in [0.4, 0.5) is 0 Å². The van der Waals surface area contributed by atoms with Crippen LogP contribution in [0.5, 0.6) is 0 Å². The van der Waals surface area contributed by atoms with Gasteiger partial charge in [0.05, 0.1) is 11.3 Å². The lowest BCUT2D eigenvalue weighted by Crippen LogP contribution is -2.26. The molecule has 4 aromatic rings. The molecule has 0 fully saturated rings. The van der Waals surface area contributed by atoms with Gasteiger partial charge in [0.2, 0.25) is 0 Å². The quantitative estimate of drug-likeness (QED) is 0.460. The molecule has 4 rings (SSSR count). The van der Waals surface area contributed by atoms with Crippen molar-refractivity contribution in [3.8, 4) is 16.9 Å². The zero-order valence-corrected chi connectivity index (χ0v) is 18.7. The lowest BCUT2D eigenvalue weighted by atomic mass is 10.0. The molecular weight excluding hydrogens is 400 g/mol. The predicted molar refractivity (Wildman–Crippen MR) is 125 cm³/mol. The molecule has 0 unspecified atom stereocenters. The van der Waals surface area contributed by atoms with Gasteiger partial charge >= 0.3 is 0 Å². The average molecular weight is 429 g/mol. The van der Waals surface area contributed by atoms with E-state index in [4.69, 9.17) is 5.10 Å². The van der Waals surface area contributed by atoms with E-state index in [0.29, 0.717) is 24.2 Å². The summed E-state index contributed by atoms with van der Waals surface area (Å²) in [5, 5.41) is 15.9. The summed E-state index contributed by atoms with van der Waals surface area (Å²) in [6.07, 6.45) is 5.11. The third-order valence-corrected chi connectivity index (χ3v) is 5.63. The molecule has 2 aromatic heterocycles. The molecule has 0 aliphatic heterocycles. The Bertz CT molecular complexity index is 1210. The van der Waals surface area contributed by atoms with Crippen LogP contribution >= 0.6 is 0 Å². The molecule has 7 heteroatoms. The number of carbonyl (C=O) groups is 1. The van der Waals surface area contributed by atoms with Gasteiger partial charge in [0, 0.05) is 31.3 Å². The van der Waals surface area contributed by atoms with Gasteiger partial charge in [-0.05, 0) is 37.5 Å². The first kappa shape index (κ1) is 21.5. The third-order valence-electron chi connectivity index (χ3n) is 5.63. The number of carbonyl (C=O) groups excluding carboxylic acids is 1. The average Bonchev–Trinajstić information content (AvgIpc) is 3.46. The molecule has 0 aliphatic carbocycles. The van der Waals surface area contributed by atoms with E-state index < -0.39 is 0 Å². The number of hydrogen-bond acceptors (Lipinski definition) is 4. The minimum absolute atomic E-state index is 0.151. The van der Waals surface area contributed by atoms with Gasteiger partial charge in [-0.3, -0.25) is 4.79 Å². The van der Waals surface area contributed by atoms with Gasteiger partial charge in [0.1, 0.15) is 17.8 Å². The van der Waals surface area contributed by atoms with Crippen molar-refractivity contribution >= 4 is 5.91 Å². The molecule has 0 saturated heterocycles. The Morgan fingerprint density at radius 3 is 2.56 bits per heavy atom. The number of nitrogens with one attached hydrogen (secondary N) is 1. The van der Waals surface area contributed by atoms with Gasteiger partial charge in [-0.2, -0.15) is 5.10 Å². The Kier molecular flexibility index (Phi) is 6.44.